The van der Waals surface area contributed by atoms with Crippen LogP contribution < -0.4 is 19.7 Å². The van der Waals surface area contributed by atoms with Gasteiger partial charge in [-0.05, 0) is 122 Å². The first kappa shape index (κ1) is 51.0. The number of amides is 1. The van der Waals surface area contributed by atoms with E-state index in [9.17, 15) is 19.8 Å². The Bertz CT molecular complexity index is 2060. The van der Waals surface area contributed by atoms with Crippen LogP contribution in [0.1, 0.15) is 97.1 Å². The highest BCUT2D eigenvalue weighted by atomic mass is 16.7. The van der Waals surface area contributed by atoms with Crippen molar-refractivity contribution in [2.24, 2.45) is 5.92 Å². The lowest BCUT2D eigenvalue weighted by Gasteiger charge is -2.35. The molecule has 5 aromatic carbocycles. The Labute approximate surface area is 363 Å². The highest BCUT2D eigenvalue weighted by Crippen LogP contribution is 2.41. The van der Waals surface area contributed by atoms with Crippen LogP contribution in [0, 0.1) is 5.92 Å². The summed E-state index contributed by atoms with van der Waals surface area (Å²) < 4.78 is 15.6. The van der Waals surface area contributed by atoms with E-state index < -0.39 is 17.5 Å². The van der Waals surface area contributed by atoms with Crippen LogP contribution in [0.5, 0.6) is 17.2 Å². The first-order valence-corrected chi connectivity index (χ1v) is 20.2. The van der Waals surface area contributed by atoms with Crippen LogP contribution in [0.2, 0.25) is 0 Å². The zero-order chi connectivity index (χ0) is 46.0. The standard InChI is InChI=1S/C25H27NO6.C19H23NO2.C4H10.C3H6/c1-24(18-7-13-21(27)14-8-18,19-9-15-22(16-10-19)32-23(28)29)17-5-11-20(12-6-17)26(3)25(2,30)31-4;1-14(2)22-18-11-7-16(8-12-18)19(3,4)15-5-9-17(10-6-15)20-13-21;1-4(2)3;1-3-2/h5-16,27,30H,1-4H3,(H,28,29);5-14H,1-4H3,(H,20,21);4H,1-3H3;3H,1H2,2H3. The van der Waals surface area contributed by atoms with E-state index in [1.165, 1.54) is 18.2 Å². The largest absolute Gasteiger partial charge is 0.511 e. The number of nitrogens with zero attached hydrogens (tertiary/aromatic N) is 1. The van der Waals surface area contributed by atoms with Crippen LogP contribution in [0.4, 0.5) is 16.2 Å². The quantitative estimate of drug-likeness (QED) is 0.0228. The summed E-state index contributed by atoms with van der Waals surface area (Å²) in [5, 5.41) is 31.6. The zero-order valence-electron chi connectivity index (χ0n) is 37.9. The number of ether oxygens (including phenoxy) is 3. The van der Waals surface area contributed by atoms with Gasteiger partial charge in [-0.3, -0.25) is 4.79 Å². The van der Waals surface area contributed by atoms with Crippen LogP contribution in [0.3, 0.4) is 0 Å². The van der Waals surface area contributed by atoms with Crippen molar-refractivity contribution in [1.82, 2.24) is 0 Å². The third kappa shape index (κ3) is 15.1. The molecule has 1 amide bonds. The maximum Gasteiger partial charge on any atom is 0.511 e. The number of carboxylic acid groups (broad SMARTS) is 1. The minimum Gasteiger partial charge on any atom is -0.508 e. The fourth-order valence-electron chi connectivity index (χ4n) is 6.09. The third-order valence-corrected chi connectivity index (χ3v) is 9.70. The van der Waals surface area contributed by atoms with Crippen molar-refractivity contribution in [2.45, 2.75) is 92.1 Å². The Hall–Kier alpha value is -6.10. The summed E-state index contributed by atoms with van der Waals surface area (Å²) in [6.07, 6.45) is 1.25. The lowest BCUT2D eigenvalue weighted by Crippen LogP contribution is -2.45. The predicted molar refractivity (Wildman–Crippen MR) is 248 cm³/mol. The summed E-state index contributed by atoms with van der Waals surface area (Å²) in [6, 6.07) is 37.7. The fourth-order valence-corrected chi connectivity index (χ4v) is 6.09. The normalized spacial score (nSPS) is 12.6. The number of hydrogen-bond donors (Lipinski definition) is 4. The molecule has 0 aliphatic heterocycles. The molecular weight excluding hydrogens is 769 g/mol. The fraction of sp³-hybridized carbons (Fsp3) is 0.333. The van der Waals surface area contributed by atoms with E-state index in [2.05, 4.69) is 65.6 Å². The Kier molecular flexibility index (Phi) is 19.8. The Morgan fingerprint density at radius 3 is 1.48 bits per heavy atom. The molecule has 5 rings (SSSR count). The van der Waals surface area contributed by atoms with Gasteiger partial charge in [-0.25, -0.2) is 4.79 Å². The number of phenolic OH excluding ortho intramolecular Hbond substituents is 1. The van der Waals surface area contributed by atoms with Gasteiger partial charge >= 0.3 is 6.16 Å². The van der Waals surface area contributed by atoms with Crippen molar-refractivity contribution in [3.8, 4) is 17.2 Å². The lowest BCUT2D eigenvalue weighted by molar-refractivity contribution is -0.167. The van der Waals surface area contributed by atoms with Crippen molar-refractivity contribution in [3.63, 3.8) is 0 Å². The van der Waals surface area contributed by atoms with E-state index in [4.69, 9.17) is 19.3 Å². The van der Waals surface area contributed by atoms with Crippen molar-refractivity contribution in [3.05, 3.63) is 162 Å². The molecule has 0 saturated heterocycles. The van der Waals surface area contributed by atoms with Crippen LogP contribution in [0.15, 0.2) is 134 Å². The number of phenols is 1. The van der Waals surface area contributed by atoms with E-state index in [0.717, 1.165) is 39.7 Å². The number of allylic oxidation sites excluding steroid dienone is 1. The second kappa shape index (κ2) is 23.6. The topological polar surface area (TPSA) is 138 Å². The van der Waals surface area contributed by atoms with Gasteiger partial charge in [-0.1, -0.05) is 101 Å². The molecule has 0 aromatic heterocycles. The van der Waals surface area contributed by atoms with Gasteiger partial charge in [0.1, 0.15) is 17.2 Å². The molecule has 0 radical (unpaired) electrons. The summed E-state index contributed by atoms with van der Waals surface area (Å²) in [5.41, 5.74) is 6.06. The summed E-state index contributed by atoms with van der Waals surface area (Å²) in [6.45, 7) is 23.8. The summed E-state index contributed by atoms with van der Waals surface area (Å²) in [4.78, 5) is 22.9. The number of anilines is 2. The molecule has 10 nitrogen and oxygen atoms in total. The van der Waals surface area contributed by atoms with E-state index >= 15 is 0 Å². The van der Waals surface area contributed by atoms with Gasteiger partial charge in [0.15, 0.2) is 0 Å². The molecule has 61 heavy (non-hydrogen) atoms. The summed E-state index contributed by atoms with van der Waals surface area (Å²) in [5.74, 6) is 0.662. The van der Waals surface area contributed by atoms with Gasteiger partial charge in [0.25, 0.3) is 0 Å². The van der Waals surface area contributed by atoms with Gasteiger partial charge in [0.05, 0.1) is 6.10 Å². The van der Waals surface area contributed by atoms with Crippen molar-refractivity contribution in [2.75, 3.05) is 24.4 Å². The minimum atomic E-state index is -1.46. The molecule has 0 aliphatic carbocycles. The second-order valence-electron chi connectivity index (χ2n) is 16.1. The number of rotatable bonds is 13. The van der Waals surface area contributed by atoms with Crippen LogP contribution in [-0.2, 0) is 20.4 Å². The van der Waals surface area contributed by atoms with Crippen molar-refractivity contribution < 1.29 is 39.1 Å². The maximum absolute atomic E-state index is 10.8. The molecule has 10 heteroatoms. The highest BCUT2D eigenvalue weighted by Gasteiger charge is 2.32. The SMILES string of the molecule is C=CC.CC(C)C.CC(C)Oc1ccc(C(C)(C)c2ccc(NC=O)cc2)cc1.COC(C)(O)N(C)c1ccc(C(C)(c2ccc(O)cc2)c2ccc(OC(=O)O)cc2)cc1. The number of aliphatic hydroxyl groups is 1. The van der Waals surface area contributed by atoms with Crippen LogP contribution in [0.25, 0.3) is 0 Å². The number of aromatic hydroxyl groups is 1. The zero-order valence-corrected chi connectivity index (χ0v) is 37.9. The molecule has 0 spiro atoms. The number of nitrogens with one attached hydrogen (secondary N) is 1. The molecule has 2 atom stereocenters. The molecular formula is C51H66N2O8. The lowest BCUT2D eigenvalue weighted by atomic mass is 9.71. The van der Waals surface area contributed by atoms with Crippen LogP contribution in [-0.4, -0.2) is 54.1 Å². The van der Waals surface area contributed by atoms with E-state index in [-0.39, 0.29) is 23.0 Å². The van der Waals surface area contributed by atoms with Gasteiger partial charge < -0.3 is 39.7 Å². The van der Waals surface area contributed by atoms with Gasteiger partial charge in [0.2, 0.25) is 12.3 Å². The number of methoxy groups -OCH3 is 1. The molecule has 0 bridgehead atoms. The van der Waals surface area contributed by atoms with Crippen molar-refractivity contribution >= 4 is 23.9 Å². The third-order valence-electron chi connectivity index (χ3n) is 9.70. The average Bonchev–Trinajstić information content (AvgIpc) is 3.21. The second-order valence-corrected chi connectivity index (χ2v) is 16.1. The monoisotopic (exact) mass is 834 g/mol. The number of benzene rings is 5. The van der Waals surface area contributed by atoms with Gasteiger partial charge in [-0.15, -0.1) is 6.58 Å². The first-order valence-electron chi connectivity index (χ1n) is 20.2. The summed E-state index contributed by atoms with van der Waals surface area (Å²) in [7, 11) is 3.17. The Morgan fingerprint density at radius 1 is 0.705 bits per heavy atom. The molecule has 2 unspecified atom stereocenters. The van der Waals surface area contributed by atoms with Crippen LogP contribution >= 0.6 is 0 Å². The molecule has 0 aliphatic rings. The predicted octanol–water partition coefficient (Wildman–Crippen LogP) is 11.8. The van der Waals surface area contributed by atoms with E-state index in [0.29, 0.717) is 6.41 Å². The molecule has 0 saturated carbocycles. The van der Waals surface area contributed by atoms with E-state index in [1.54, 1.807) is 49.2 Å². The first-order chi connectivity index (χ1) is 28.6. The molecule has 0 heterocycles. The molecule has 328 valence electrons. The number of hydrogen-bond acceptors (Lipinski definition) is 8. The number of carbonyl (C=O) groups is 2. The molecule has 4 N–H and O–H groups in total. The number of carbonyl (C=O) groups excluding carboxylic acids is 1. The Morgan fingerprint density at radius 2 is 1.08 bits per heavy atom. The minimum absolute atomic E-state index is 0.115. The van der Waals surface area contributed by atoms with E-state index in [1.807, 2.05) is 106 Å². The Balaban J connectivity index is 0.000000382. The highest BCUT2D eigenvalue weighted by molar-refractivity contribution is 5.71. The summed E-state index contributed by atoms with van der Waals surface area (Å²) >= 11 is 0. The average molecular weight is 835 g/mol. The maximum atomic E-state index is 10.8. The molecule has 5 aromatic rings. The molecule has 0 fully saturated rings. The van der Waals surface area contributed by atoms with Gasteiger partial charge in [0, 0.05) is 43.3 Å². The smallest absolute Gasteiger partial charge is 0.508 e. The van der Waals surface area contributed by atoms with Crippen molar-refractivity contribution in [1.29, 1.82) is 0 Å². The van der Waals surface area contributed by atoms with Gasteiger partial charge in [-0.2, -0.15) is 0 Å².